The van der Waals surface area contributed by atoms with Gasteiger partial charge in [-0.25, -0.2) is 8.78 Å². The number of hydrogen-bond acceptors (Lipinski definition) is 2. The third-order valence-electron chi connectivity index (χ3n) is 2.04. The van der Waals surface area contributed by atoms with Gasteiger partial charge >= 0.3 is 0 Å². The molecule has 0 bridgehead atoms. The first-order valence-electron chi connectivity index (χ1n) is 4.18. The van der Waals surface area contributed by atoms with E-state index in [2.05, 4.69) is 4.98 Å². The number of pyridine rings is 1. The molecule has 0 fully saturated rings. The van der Waals surface area contributed by atoms with Gasteiger partial charge in [0.05, 0.1) is 0 Å². The van der Waals surface area contributed by atoms with Gasteiger partial charge in [-0.2, -0.15) is 0 Å². The number of fused-ring (bicyclic) bond motifs is 1. The van der Waals surface area contributed by atoms with E-state index in [0.717, 1.165) is 6.07 Å². The molecule has 0 aliphatic rings. The summed E-state index contributed by atoms with van der Waals surface area (Å²) in [6.07, 6.45) is 1.36. The van der Waals surface area contributed by atoms with Crippen LogP contribution in [0.25, 0.3) is 10.8 Å². The van der Waals surface area contributed by atoms with Crippen molar-refractivity contribution in [1.82, 2.24) is 4.98 Å². The van der Waals surface area contributed by atoms with Crippen molar-refractivity contribution in [1.29, 1.82) is 5.41 Å². The van der Waals surface area contributed by atoms with Crippen LogP contribution in [-0.2, 0) is 0 Å². The van der Waals surface area contributed by atoms with Gasteiger partial charge in [-0.1, -0.05) is 0 Å². The minimum atomic E-state index is -0.761. The lowest BCUT2D eigenvalue weighted by Gasteiger charge is -2.04. The first-order chi connectivity index (χ1) is 7.09. The summed E-state index contributed by atoms with van der Waals surface area (Å²) in [5.41, 5.74) is 5.28. The van der Waals surface area contributed by atoms with Gasteiger partial charge in [0.2, 0.25) is 0 Å². The molecule has 3 nitrogen and oxygen atoms in total. The highest BCUT2D eigenvalue weighted by Gasteiger charge is 2.11. The average Bonchev–Trinajstić information content (AvgIpc) is 2.16. The van der Waals surface area contributed by atoms with Gasteiger partial charge in [-0.05, 0) is 17.5 Å². The number of amidine groups is 1. The van der Waals surface area contributed by atoms with E-state index in [1.165, 1.54) is 18.3 Å². The third kappa shape index (κ3) is 1.52. The van der Waals surface area contributed by atoms with Gasteiger partial charge in [0.15, 0.2) is 0 Å². The molecule has 0 saturated carbocycles. The minimum absolute atomic E-state index is 0.0324. The fourth-order valence-electron chi connectivity index (χ4n) is 1.44. The van der Waals surface area contributed by atoms with Crippen molar-refractivity contribution in [2.24, 2.45) is 5.73 Å². The van der Waals surface area contributed by atoms with Crippen LogP contribution in [0.2, 0.25) is 0 Å². The molecule has 0 spiro atoms. The second-order valence-corrected chi connectivity index (χ2v) is 3.06. The summed E-state index contributed by atoms with van der Waals surface area (Å²) >= 11 is 0. The number of benzene rings is 1. The Kier molecular flexibility index (Phi) is 2.07. The largest absolute Gasteiger partial charge is 0.382 e. The molecule has 5 heteroatoms. The Morgan fingerprint density at radius 2 is 2.07 bits per heavy atom. The SMILES string of the molecule is N=C(N)c1nccc2cc(F)cc(F)c12. The molecule has 0 atom stereocenters. The number of halogens is 2. The van der Waals surface area contributed by atoms with Crippen molar-refractivity contribution in [3.8, 4) is 0 Å². The number of nitrogens with zero attached hydrogens (tertiary/aromatic N) is 1. The maximum Gasteiger partial charge on any atom is 0.142 e. The van der Waals surface area contributed by atoms with E-state index in [-0.39, 0.29) is 16.9 Å². The molecule has 76 valence electrons. The lowest BCUT2D eigenvalue weighted by molar-refractivity contribution is 0.592. The maximum atomic E-state index is 13.4. The summed E-state index contributed by atoms with van der Waals surface area (Å²) in [6, 6.07) is 3.39. The first-order valence-corrected chi connectivity index (χ1v) is 4.18. The van der Waals surface area contributed by atoms with Crippen LogP contribution >= 0.6 is 0 Å². The van der Waals surface area contributed by atoms with E-state index >= 15 is 0 Å². The Morgan fingerprint density at radius 1 is 1.33 bits per heavy atom. The molecule has 0 unspecified atom stereocenters. The summed E-state index contributed by atoms with van der Waals surface area (Å²) in [5, 5.41) is 7.64. The molecule has 0 radical (unpaired) electrons. The number of nitrogens with one attached hydrogen (secondary N) is 1. The average molecular weight is 207 g/mol. The Balaban J connectivity index is 2.91. The predicted octanol–water partition coefficient (Wildman–Crippen LogP) is 1.80. The lowest BCUT2D eigenvalue weighted by Crippen LogP contribution is -2.14. The van der Waals surface area contributed by atoms with Crippen molar-refractivity contribution in [2.45, 2.75) is 0 Å². The minimum Gasteiger partial charge on any atom is -0.382 e. The van der Waals surface area contributed by atoms with E-state index in [1.54, 1.807) is 0 Å². The first kappa shape index (κ1) is 9.51. The van der Waals surface area contributed by atoms with Crippen LogP contribution in [0, 0.1) is 17.0 Å². The van der Waals surface area contributed by atoms with Crippen LogP contribution < -0.4 is 5.73 Å². The molecule has 1 heterocycles. The zero-order chi connectivity index (χ0) is 11.0. The van der Waals surface area contributed by atoms with Gasteiger partial charge in [-0.15, -0.1) is 0 Å². The highest BCUT2D eigenvalue weighted by atomic mass is 19.1. The molecule has 0 aliphatic carbocycles. The molecule has 0 saturated heterocycles. The van der Waals surface area contributed by atoms with E-state index in [4.69, 9.17) is 11.1 Å². The summed E-state index contributed by atoms with van der Waals surface area (Å²) in [6.45, 7) is 0. The normalized spacial score (nSPS) is 10.5. The number of rotatable bonds is 1. The number of nitrogens with two attached hydrogens (primary N) is 1. The lowest BCUT2D eigenvalue weighted by atomic mass is 10.1. The van der Waals surface area contributed by atoms with Crippen molar-refractivity contribution in [3.63, 3.8) is 0 Å². The Morgan fingerprint density at radius 3 is 2.73 bits per heavy atom. The highest BCUT2D eigenvalue weighted by Crippen LogP contribution is 2.21. The van der Waals surface area contributed by atoms with Gasteiger partial charge in [-0.3, -0.25) is 10.4 Å². The van der Waals surface area contributed by atoms with Crippen molar-refractivity contribution >= 4 is 16.6 Å². The molecule has 1 aromatic carbocycles. The van der Waals surface area contributed by atoms with E-state index in [9.17, 15) is 8.78 Å². The predicted molar refractivity (Wildman–Crippen MR) is 52.7 cm³/mol. The number of nitrogen functional groups attached to an aromatic ring is 1. The maximum absolute atomic E-state index is 13.4. The van der Waals surface area contributed by atoms with Crippen LogP contribution in [0.3, 0.4) is 0 Å². The molecular formula is C10H7F2N3. The van der Waals surface area contributed by atoms with Crippen LogP contribution in [0.4, 0.5) is 8.78 Å². The highest BCUT2D eigenvalue weighted by molar-refractivity contribution is 6.05. The zero-order valence-electron chi connectivity index (χ0n) is 7.59. The van der Waals surface area contributed by atoms with Gasteiger partial charge in [0.25, 0.3) is 0 Å². The topological polar surface area (TPSA) is 62.8 Å². The van der Waals surface area contributed by atoms with E-state index in [0.29, 0.717) is 5.39 Å². The van der Waals surface area contributed by atoms with Crippen LogP contribution in [0.15, 0.2) is 24.4 Å². The van der Waals surface area contributed by atoms with Crippen molar-refractivity contribution < 1.29 is 8.78 Å². The second-order valence-electron chi connectivity index (χ2n) is 3.06. The Hall–Kier alpha value is -2.04. The standard InChI is InChI=1S/C10H7F2N3/c11-6-3-5-1-2-15-9(10(13)14)8(5)7(12)4-6/h1-4H,(H3,13,14). The molecule has 2 aromatic rings. The molecule has 3 N–H and O–H groups in total. The third-order valence-corrected chi connectivity index (χ3v) is 2.04. The van der Waals surface area contributed by atoms with Crippen molar-refractivity contribution in [3.05, 3.63) is 41.7 Å². The van der Waals surface area contributed by atoms with Gasteiger partial charge in [0, 0.05) is 17.6 Å². The smallest absolute Gasteiger partial charge is 0.142 e. The Labute approximate surface area is 84.1 Å². The van der Waals surface area contributed by atoms with Crippen molar-refractivity contribution in [2.75, 3.05) is 0 Å². The number of hydrogen-bond donors (Lipinski definition) is 2. The quantitative estimate of drug-likeness (QED) is 0.553. The number of aromatic nitrogens is 1. The molecule has 1 aromatic heterocycles. The summed E-state index contributed by atoms with van der Waals surface area (Å²) in [7, 11) is 0. The fraction of sp³-hybridized carbons (Fsp3) is 0. The molecular weight excluding hydrogens is 200 g/mol. The van der Waals surface area contributed by atoms with Gasteiger partial charge < -0.3 is 5.73 Å². The van der Waals surface area contributed by atoms with Crippen LogP contribution in [-0.4, -0.2) is 10.8 Å². The van der Waals surface area contributed by atoms with E-state index in [1.807, 2.05) is 0 Å². The molecule has 0 amide bonds. The van der Waals surface area contributed by atoms with Gasteiger partial charge in [0.1, 0.15) is 23.2 Å². The zero-order valence-corrected chi connectivity index (χ0v) is 7.59. The Bertz CT molecular complexity index is 552. The summed E-state index contributed by atoms with van der Waals surface area (Å²) in [4.78, 5) is 3.78. The fourth-order valence-corrected chi connectivity index (χ4v) is 1.44. The summed E-state index contributed by atoms with van der Waals surface area (Å²) < 4.78 is 26.3. The summed E-state index contributed by atoms with van der Waals surface area (Å²) in [5.74, 6) is -1.77. The molecule has 15 heavy (non-hydrogen) atoms. The second kappa shape index (κ2) is 3.27. The molecule has 2 rings (SSSR count). The van der Waals surface area contributed by atoms with Crippen LogP contribution in [0.5, 0.6) is 0 Å². The van der Waals surface area contributed by atoms with Crippen LogP contribution in [0.1, 0.15) is 5.69 Å². The molecule has 0 aliphatic heterocycles. The monoisotopic (exact) mass is 207 g/mol. The van der Waals surface area contributed by atoms with E-state index < -0.39 is 11.6 Å².